The van der Waals surface area contributed by atoms with E-state index in [4.69, 9.17) is 26.3 Å². The summed E-state index contributed by atoms with van der Waals surface area (Å²) in [4.78, 5) is 11.9. The molecule has 0 saturated heterocycles. The van der Waals surface area contributed by atoms with Crippen LogP contribution in [0.2, 0.25) is 5.02 Å². The van der Waals surface area contributed by atoms with Crippen LogP contribution >= 0.6 is 11.6 Å². The smallest absolute Gasteiger partial charge is 0.244 e. The lowest BCUT2D eigenvalue weighted by Crippen LogP contribution is -2.20. The number of benzene rings is 2. The minimum atomic E-state index is -0.219. The predicted octanol–water partition coefficient (Wildman–Crippen LogP) is 3.58. The highest BCUT2D eigenvalue weighted by Gasteiger charge is 2.05. The second-order valence-corrected chi connectivity index (χ2v) is 5.47. The molecule has 2 rings (SSSR count). The molecule has 0 aromatic heterocycles. The van der Waals surface area contributed by atoms with E-state index in [1.54, 1.807) is 36.4 Å². The zero-order chi connectivity index (χ0) is 18.1. The molecule has 0 heterocycles. The maximum absolute atomic E-state index is 11.9. The Morgan fingerprint density at radius 3 is 2.84 bits per heavy atom. The lowest BCUT2D eigenvalue weighted by Gasteiger charge is -2.08. The van der Waals surface area contributed by atoms with Crippen molar-refractivity contribution >= 4 is 23.6 Å². The van der Waals surface area contributed by atoms with Crippen LogP contribution in [0, 0.1) is 11.3 Å². The van der Waals surface area contributed by atoms with Crippen molar-refractivity contribution in [2.75, 3.05) is 13.7 Å². The summed E-state index contributed by atoms with van der Waals surface area (Å²) in [5.41, 5.74) is 1.70. The average molecular weight is 357 g/mol. The number of hydrogen-bond acceptors (Lipinski definition) is 4. The van der Waals surface area contributed by atoms with Crippen LogP contribution in [0.3, 0.4) is 0 Å². The summed E-state index contributed by atoms with van der Waals surface area (Å²) in [5.74, 6) is 0.757. The molecule has 0 radical (unpaired) electrons. The number of nitriles is 1. The fourth-order valence-electron chi connectivity index (χ4n) is 2.08. The molecule has 0 aliphatic rings. The van der Waals surface area contributed by atoms with Crippen molar-refractivity contribution in [2.24, 2.45) is 0 Å². The Morgan fingerprint density at radius 2 is 2.12 bits per heavy atom. The van der Waals surface area contributed by atoms with Gasteiger partial charge in [0.2, 0.25) is 5.91 Å². The zero-order valence-corrected chi connectivity index (χ0v) is 14.4. The molecule has 0 unspecified atom stereocenters. The Morgan fingerprint density at radius 1 is 1.28 bits per heavy atom. The summed E-state index contributed by atoms with van der Waals surface area (Å²) in [5, 5.41) is 12.0. The normalized spacial score (nSPS) is 10.3. The van der Waals surface area contributed by atoms with E-state index in [0.717, 1.165) is 11.1 Å². The Kier molecular flexibility index (Phi) is 6.87. The number of ether oxygens (including phenoxy) is 2. The molecule has 0 aliphatic carbocycles. The first kappa shape index (κ1) is 18.4. The van der Waals surface area contributed by atoms with E-state index in [0.29, 0.717) is 23.1 Å². The molecule has 25 heavy (non-hydrogen) atoms. The summed E-state index contributed by atoms with van der Waals surface area (Å²) < 4.78 is 10.5. The van der Waals surface area contributed by atoms with Gasteiger partial charge in [0.1, 0.15) is 6.07 Å². The number of carbonyl (C=O) groups is 1. The lowest BCUT2D eigenvalue weighted by molar-refractivity contribution is -0.116. The largest absolute Gasteiger partial charge is 0.493 e. The van der Waals surface area contributed by atoms with Gasteiger partial charge in [0.25, 0.3) is 0 Å². The summed E-state index contributed by atoms with van der Waals surface area (Å²) >= 11 is 5.91. The number of hydrogen-bond donors (Lipinski definition) is 1. The van der Waals surface area contributed by atoms with Crippen molar-refractivity contribution in [1.82, 2.24) is 5.32 Å². The number of rotatable bonds is 7. The third-order valence-electron chi connectivity index (χ3n) is 3.26. The number of nitrogens with one attached hydrogen (secondary N) is 1. The van der Waals surface area contributed by atoms with Crippen LogP contribution in [0.1, 0.15) is 11.1 Å². The van der Waals surface area contributed by atoms with Crippen molar-refractivity contribution in [3.8, 4) is 17.6 Å². The third kappa shape index (κ3) is 5.87. The molecule has 1 N–H and O–H groups in total. The number of carbonyl (C=O) groups excluding carboxylic acids is 1. The van der Waals surface area contributed by atoms with Crippen LogP contribution < -0.4 is 14.8 Å². The Balaban J connectivity index is 1.96. The number of halogens is 1. The number of nitrogens with zero attached hydrogens (tertiary/aromatic N) is 1. The fourth-order valence-corrected chi connectivity index (χ4v) is 2.30. The highest BCUT2D eigenvalue weighted by molar-refractivity contribution is 6.30. The zero-order valence-electron chi connectivity index (χ0n) is 13.7. The molecule has 0 spiro atoms. The first-order valence-electron chi connectivity index (χ1n) is 7.50. The van der Waals surface area contributed by atoms with Crippen LogP contribution in [0.5, 0.6) is 11.5 Å². The topological polar surface area (TPSA) is 71.3 Å². The van der Waals surface area contributed by atoms with Crippen molar-refractivity contribution in [3.63, 3.8) is 0 Å². The molecular formula is C19H17ClN2O3. The average Bonchev–Trinajstić information content (AvgIpc) is 2.63. The molecule has 2 aromatic rings. The Bertz CT molecular complexity index is 813. The van der Waals surface area contributed by atoms with E-state index in [1.165, 1.54) is 13.2 Å². The van der Waals surface area contributed by atoms with Crippen LogP contribution in [0.15, 0.2) is 48.5 Å². The number of amides is 1. The molecule has 128 valence electrons. The van der Waals surface area contributed by atoms with E-state index < -0.39 is 0 Å². The molecule has 6 heteroatoms. The van der Waals surface area contributed by atoms with Crippen LogP contribution in [-0.2, 0) is 11.3 Å². The molecule has 0 bridgehead atoms. The SMILES string of the molecule is COc1cc(/C=C/C(=O)NCc2cccc(Cl)c2)ccc1OCC#N. The standard InChI is InChI=1S/C19H17ClN2O3/c1-24-18-12-14(5-7-17(18)25-10-9-21)6-8-19(23)22-13-15-3-2-4-16(20)11-15/h2-8,11-12H,10,13H2,1H3,(H,22,23)/b8-6+. The van der Waals surface area contributed by atoms with Crippen molar-refractivity contribution in [1.29, 1.82) is 5.26 Å². The molecule has 1 amide bonds. The summed E-state index contributed by atoms with van der Waals surface area (Å²) in [6.07, 6.45) is 3.11. The van der Waals surface area contributed by atoms with E-state index in [1.807, 2.05) is 18.2 Å². The van der Waals surface area contributed by atoms with Gasteiger partial charge in [-0.15, -0.1) is 0 Å². The maximum Gasteiger partial charge on any atom is 0.244 e. The van der Waals surface area contributed by atoms with Gasteiger partial charge >= 0.3 is 0 Å². The molecule has 2 aromatic carbocycles. The van der Waals surface area contributed by atoms with Crippen LogP contribution in [-0.4, -0.2) is 19.6 Å². The van der Waals surface area contributed by atoms with Gasteiger partial charge in [0, 0.05) is 17.6 Å². The van der Waals surface area contributed by atoms with Crippen molar-refractivity contribution in [3.05, 3.63) is 64.7 Å². The van der Waals surface area contributed by atoms with Gasteiger partial charge in [-0.1, -0.05) is 29.8 Å². The van der Waals surface area contributed by atoms with Gasteiger partial charge < -0.3 is 14.8 Å². The molecule has 5 nitrogen and oxygen atoms in total. The van der Waals surface area contributed by atoms with Crippen molar-refractivity contribution in [2.45, 2.75) is 6.54 Å². The van der Waals surface area contributed by atoms with Crippen LogP contribution in [0.25, 0.3) is 6.08 Å². The highest BCUT2D eigenvalue weighted by Crippen LogP contribution is 2.28. The third-order valence-corrected chi connectivity index (χ3v) is 3.50. The fraction of sp³-hybridized carbons (Fsp3) is 0.158. The molecular weight excluding hydrogens is 340 g/mol. The van der Waals surface area contributed by atoms with Gasteiger partial charge in [-0.25, -0.2) is 0 Å². The predicted molar refractivity (Wildman–Crippen MR) is 96.4 cm³/mol. The van der Waals surface area contributed by atoms with Gasteiger partial charge in [-0.2, -0.15) is 5.26 Å². The summed E-state index contributed by atoms with van der Waals surface area (Å²) in [6.45, 7) is 0.339. The summed E-state index contributed by atoms with van der Waals surface area (Å²) in [7, 11) is 1.51. The molecule has 0 atom stereocenters. The minimum Gasteiger partial charge on any atom is -0.493 e. The molecule has 0 fully saturated rings. The minimum absolute atomic E-state index is 0.0581. The maximum atomic E-state index is 11.9. The Hall–Kier alpha value is -2.97. The van der Waals surface area contributed by atoms with Crippen molar-refractivity contribution < 1.29 is 14.3 Å². The van der Waals surface area contributed by atoms with E-state index in [2.05, 4.69) is 5.32 Å². The quantitative estimate of drug-likeness (QED) is 0.770. The van der Waals surface area contributed by atoms with E-state index in [9.17, 15) is 4.79 Å². The first-order chi connectivity index (χ1) is 12.1. The van der Waals surface area contributed by atoms with E-state index in [-0.39, 0.29) is 12.5 Å². The van der Waals surface area contributed by atoms with Gasteiger partial charge in [0.15, 0.2) is 18.1 Å². The lowest BCUT2D eigenvalue weighted by atomic mass is 10.2. The van der Waals surface area contributed by atoms with E-state index >= 15 is 0 Å². The molecule has 0 saturated carbocycles. The number of methoxy groups -OCH3 is 1. The Labute approximate surface area is 151 Å². The van der Waals surface area contributed by atoms with Gasteiger partial charge in [-0.05, 0) is 41.5 Å². The monoisotopic (exact) mass is 356 g/mol. The van der Waals surface area contributed by atoms with Gasteiger partial charge in [0.05, 0.1) is 7.11 Å². The van der Waals surface area contributed by atoms with Crippen LogP contribution in [0.4, 0.5) is 0 Å². The summed E-state index contributed by atoms with van der Waals surface area (Å²) in [6, 6.07) is 14.4. The molecule has 0 aliphatic heterocycles. The first-order valence-corrected chi connectivity index (χ1v) is 7.88. The van der Waals surface area contributed by atoms with Gasteiger partial charge in [-0.3, -0.25) is 4.79 Å². The second kappa shape index (κ2) is 9.36. The highest BCUT2D eigenvalue weighted by atomic mass is 35.5. The second-order valence-electron chi connectivity index (χ2n) is 5.04.